The van der Waals surface area contributed by atoms with Gasteiger partial charge in [0.2, 0.25) is 0 Å². The number of likely N-dealkylation sites (tertiary alicyclic amines) is 1. The van der Waals surface area contributed by atoms with E-state index in [-0.39, 0.29) is 0 Å². The summed E-state index contributed by atoms with van der Waals surface area (Å²) in [4.78, 5) is 2.57. The zero-order chi connectivity index (χ0) is 14.5. The van der Waals surface area contributed by atoms with Gasteiger partial charge in [-0.3, -0.25) is 4.90 Å². The smallest absolute Gasteiger partial charge is 0.119 e. The lowest BCUT2D eigenvalue weighted by Gasteiger charge is -2.24. The zero-order valence-electron chi connectivity index (χ0n) is 12.9. The van der Waals surface area contributed by atoms with Gasteiger partial charge >= 0.3 is 0 Å². The molecule has 0 spiro atoms. The monoisotopic (exact) mass is 290 g/mol. The second-order valence-electron chi connectivity index (χ2n) is 6.04. The molecule has 1 unspecified atom stereocenters. The maximum absolute atomic E-state index is 5.84. The molecule has 1 heterocycles. The van der Waals surface area contributed by atoms with Crippen molar-refractivity contribution < 1.29 is 9.47 Å². The molecule has 4 nitrogen and oxygen atoms in total. The first kappa shape index (κ1) is 14.7. The fraction of sp³-hybridized carbons (Fsp3) is 0.647. The summed E-state index contributed by atoms with van der Waals surface area (Å²) in [5.41, 5.74) is 0. The Morgan fingerprint density at radius 3 is 2.62 bits per heavy atom. The highest BCUT2D eigenvalue weighted by atomic mass is 16.5. The lowest BCUT2D eigenvalue weighted by atomic mass is 10.2. The number of hydrogen-bond donors (Lipinski definition) is 1. The molecule has 1 aromatic rings. The van der Waals surface area contributed by atoms with E-state index >= 15 is 0 Å². The van der Waals surface area contributed by atoms with Gasteiger partial charge in [0, 0.05) is 25.2 Å². The Bertz CT molecular complexity index is 431. The molecule has 116 valence electrons. The first-order valence-electron chi connectivity index (χ1n) is 8.09. The molecule has 1 N–H and O–H groups in total. The average Bonchev–Trinajstić information content (AvgIpc) is 3.25. The molecule has 21 heavy (non-hydrogen) atoms. The number of nitrogens with zero attached hydrogens (tertiary/aromatic N) is 1. The molecule has 2 aliphatic rings. The van der Waals surface area contributed by atoms with Crippen molar-refractivity contribution in [2.24, 2.45) is 0 Å². The second-order valence-corrected chi connectivity index (χ2v) is 6.04. The number of ether oxygens (including phenoxy) is 2. The van der Waals surface area contributed by atoms with Crippen molar-refractivity contribution in [2.75, 3.05) is 33.4 Å². The molecule has 0 radical (unpaired) electrons. The number of methoxy groups -OCH3 is 1. The third-order valence-corrected chi connectivity index (χ3v) is 4.43. The Labute approximate surface area is 127 Å². The van der Waals surface area contributed by atoms with E-state index < -0.39 is 0 Å². The summed E-state index contributed by atoms with van der Waals surface area (Å²) in [5.74, 6) is 1.79. The van der Waals surface area contributed by atoms with Gasteiger partial charge in [0.1, 0.15) is 18.1 Å². The van der Waals surface area contributed by atoms with Gasteiger partial charge in [0.15, 0.2) is 0 Å². The Morgan fingerprint density at radius 2 is 1.90 bits per heavy atom. The summed E-state index contributed by atoms with van der Waals surface area (Å²) in [6, 6.07) is 9.32. The molecule has 1 saturated carbocycles. The quantitative estimate of drug-likeness (QED) is 0.796. The van der Waals surface area contributed by atoms with Crippen molar-refractivity contribution in [1.82, 2.24) is 10.2 Å². The van der Waals surface area contributed by atoms with E-state index in [9.17, 15) is 0 Å². The van der Waals surface area contributed by atoms with Gasteiger partial charge in [-0.25, -0.2) is 0 Å². The third kappa shape index (κ3) is 4.35. The summed E-state index contributed by atoms with van der Waals surface area (Å²) in [6.07, 6.45) is 5.38. The van der Waals surface area contributed by atoms with Crippen molar-refractivity contribution in [3.8, 4) is 11.5 Å². The van der Waals surface area contributed by atoms with Crippen LogP contribution in [-0.2, 0) is 0 Å². The molecule has 0 amide bonds. The van der Waals surface area contributed by atoms with Crippen molar-refractivity contribution in [3.05, 3.63) is 24.3 Å². The summed E-state index contributed by atoms with van der Waals surface area (Å²) in [6.45, 7) is 4.13. The van der Waals surface area contributed by atoms with E-state index in [0.29, 0.717) is 6.04 Å². The van der Waals surface area contributed by atoms with Crippen molar-refractivity contribution in [1.29, 1.82) is 0 Å². The van der Waals surface area contributed by atoms with E-state index in [1.54, 1.807) is 7.11 Å². The lowest BCUT2D eigenvalue weighted by molar-refractivity contribution is 0.193. The van der Waals surface area contributed by atoms with Crippen molar-refractivity contribution in [2.45, 2.75) is 37.8 Å². The highest BCUT2D eigenvalue weighted by Crippen LogP contribution is 2.22. The molecule has 1 aliphatic carbocycles. The van der Waals surface area contributed by atoms with Crippen LogP contribution in [0.4, 0.5) is 0 Å². The minimum absolute atomic E-state index is 0.699. The van der Waals surface area contributed by atoms with E-state index in [2.05, 4.69) is 10.2 Å². The standard InChI is InChI=1S/C17H26N2O2/c1-20-16-6-8-17(9-7-16)21-12-11-19-10-2-3-15(19)13-18-14-4-5-14/h6-9,14-15,18H,2-5,10-13H2,1H3. The molecule has 1 aromatic carbocycles. The number of nitrogens with one attached hydrogen (secondary N) is 1. The molecular formula is C17H26N2O2. The van der Waals surface area contributed by atoms with Crippen LogP contribution in [-0.4, -0.2) is 50.3 Å². The van der Waals surface area contributed by atoms with E-state index in [1.165, 1.54) is 32.2 Å². The summed E-state index contributed by atoms with van der Waals surface area (Å²) in [7, 11) is 1.68. The molecule has 0 bridgehead atoms. The maximum Gasteiger partial charge on any atom is 0.119 e. The lowest BCUT2D eigenvalue weighted by Crippen LogP contribution is -2.40. The van der Waals surface area contributed by atoms with Crippen LogP contribution >= 0.6 is 0 Å². The predicted molar refractivity (Wildman–Crippen MR) is 84.1 cm³/mol. The van der Waals surface area contributed by atoms with Gasteiger partial charge in [-0.1, -0.05) is 0 Å². The van der Waals surface area contributed by atoms with Crippen LogP contribution in [0.1, 0.15) is 25.7 Å². The minimum atomic E-state index is 0.699. The highest BCUT2D eigenvalue weighted by molar-refractivity contribution is 5.31. The van der Waals surface area contributed by atoms with Gasteiger partial charge in [0.05, 0.1) is 7.11 Å². The number of benzene rings is 1. The van der Waals surface area contributed by atoms with E-state index in [1.807, 2.05) is 24.3 Å². The zero-order valence-corrected chi connectivity index (χ0v) is 12.9. The number of hydrogen-bond acceptors (Lipinski definition) is 4. The van der Waals surface area contributed by atoms with Crippen LogP contribution in [0.3, 0.4) is 0 Å². The van der Waals surface area contributed by atoms with Crippen LogP contribution < -0.4 is 14.8 Å². The fourth-order valence-electron chi connectivity index (χ4n) is 2.96. The van der Waals surface area contributed by atoms with Crippen molar-refractivity contribution in [3.63, 3.8) is 0 Å². The SMILES string of the molecule is COc1ccc(OCCN2CCCC2CNC2CC2)cc1. The minimum Gasteiger partial charge on any atom is -0.497 e. The second kappa shape index (κ2) is 7.14. The maximum atomic E-state index is 5.84. The van der Waals surface area contributed by atoms with Gasteiger partial charge in [-0.15, -0.1) is 0 Å². The van der Waals surface area contributed by atoms with Crippen molar-refractivity contribution >= 4 is 0 Å². The number of rotatable bonds is 8. The topological polar surface area (TPSA) is 33.7 Å². The molecule has 1 atom stereocenters. The van der Waals surface area contributed by atoms with Gasteiger partial charge in [-0.2, -0.15) is 0 Å². The highest BCUT2D eigenvalue weighted by Gasteiger charge is 2.27. The normalized spacial score (nSPS) is 22.4. The molecule has 1 saturated heterocycles. The molecule has 4 heteroatoms. The summed E-state index contributed by atoms with van der Waals surface area (Å²) < 4.78 is 11.0. The van der Waals surface area contributed by atoms with Crippen LogP contribution in [0.15, 0.2) is 24.3 Å². The molecule has 0 aromatic heterocycles. The summed E-state index contributed by atoms with van der Waals surface area (Å²) in [5, 5.41) is 3.65. The molecular weight excluding hydrogens is 264 g/mol. The fourth-order valence-corrected chi connectivity index (χ4v) is 2.96. The average molecular weight is 290 g/mol. The van der Waals surface area contributed by atoms with Gasteiger partial charge in [0.25, 0.3) is 0 Å². The van der Waals surface area contributed by atoms with Crippen LogP contribution in [0, 0.1) is 0 Å². The van der Waals surface area contributed by atoms with Crippen LogP contribution in [0.2, 0.25) is 0 Å². The van der Waals surface area contributed by atoms with Gasteiger partial charge in [-0.05, 0) is 56.5 Å². The third-order valence-electron chi connectivity index (χ3n) is 4.43. The first-order chi connectivity index (χ1) is 10.3. The molecule has 3 rings (SSSR count). The van der Waals surface area contributed by atoms with E-state index in [4.69, 9.17) is 9.47 Å². The van der Waals surface area contributed by atoms with Gasteiger partial charge < -0.3 is 14.8 Å². The Kier molecular flexibility index (Phi) is 4.99. The molecule has 2 fully saturated rings. The first-order valence-corrected chi connectivity index (χ1v) is 8.09. The Morgan fingerprint density at radius 1 is 1.14 bits per heavy atom. The predicted octanol–water partition coefficient (Wildman–Crippen LogP) is 2.29. The molecule has 1 aliphatic heterocycles. The Hall–Kier alpha value is -1.26. The van der Waals surface area contributed by atoms with Crippen LogP contribution in [0.5, 0.6) is 11.5 Å². The van der Waals surface area contributed by atoms with E-state index in [0.717, 1.165) is 37.2 Å². The van der Waals surface area contributed by atoms with Crippen LogP contribution in [0.25, 0.3) is 0 Å². The Balaban J connectivity index is 1.38. The summed E-state index contributed by atoms with van der Waals surface area (Å²) >= 11 is 0. The largest absolute Gasteiger partial charge is 0.497 e.